The lowest BCUT2D eigenvalue weighted by Crippen LogP contribution is -2.39. The Morgan fingerprint density at radius 2 is 2.15 bits per heavy atom. The molecule has 0 aromatic heterocycles. The fraction of sp³-hybridized carbons (Fsp3) is 0.889. The Hall–Kier alpha value is -0.610. The van der Waals surface area contributed by atoms with E-state index in [9.17, 15) is 4.79 Å². The van der Waals surface area contributed by atoms with Crippen molar-refractivity contribution in [1.82, 2.24) is 5.32 Å². The third kappa shape index (κ3) is 7.74. The lowest BCUT2D eigenvalue weighted by molar-refractivity contribution is -0.124. The number of nitrogens with one attached hydrogen (secondary N) is 1. The van der Waals surface area contributed by atoms with E-state index in [4.69, 9.17) is 5.73 Å². The van der Waals surface area contributed by atoms with Crippen LogP contribution in [0.15, 0.2) is 0 Å². The van der Waals surface area contributed by atoms with Crippen LogP contribution in [0.3, 0.4) is 0 Å². The van der Waals surface area contributed by atoms with Crippen LogP contribution in [0.5, 0.6) is 0 Å². The zero-order chi connectivity index (χ0) is 10.3. The minimum Gasteiger partial charge on any atom is -0.375 e. The fourth-order valence-corrected chi connectivity index (χ4v) is 1.12. The summed E-state index contributed by atoms with van der Waals surface area (Å²) in [7, 11) is 1.49. The summed E-state index contributed by atoms with van der Waals surface area (Å²) in [4.78, 5) is 10.9. The summed E-state index contributed by atoms with van der Waals surface area (Å²) >= 11 is 0. The van der Waals surface area contributed by atoms with Crippen LogP contribution in [0.4, 0.5) is 0 Å². The molecule has 0 heterocycles. The van der Waals surface area contributed by atoms with Crippen molar-refractivity contribution >= 4 is 5.91 Å². The molecule has 0 aliphatic heterocycles. The molecule has 0 saturated carbocycles. The molecule has 78 valence electrons. The van der Waals surface area contributed by atoms with E-state index in [1.165, 1.54) is 7.11 Å². The molecular formula is C9H20N2O2. The van der Waals surface area contributed by atoms with Crippen molar-refractivity contribution in [2.75, 3.05) is 20.3 Å². The summed E-state index contributed by atoms with van der Waals surface area (Å²) in [5.41, 5.74) is 5.76. The summed E-state index contributed by atoms with van der Waals surface area (Å²) in [6.07, 6.45) is 0.924. The molecule has 0 fully saturated rings. The van der Waals surface area contributed by atoms with Gasteiger partial charge in [-0.1, -0.05) is 13.8 Å². The SMILES string of the molecule is COCC(=O)NCC(N)CC(C)C. The van der Waals surface area contributed by atoms with Crippen molar-refractivity contribution in [3.05, 3.63) is 0 Å². The molecule has 4 heteroatoms. The van der Waals surface area contributed by atoms with Gasteiger partial charge in [0, 0.05) is 19.7 Å². The van der Waals surface area contributed by atoms with E-state index in [0.29, 0.717) is 12.5 Å². The van der Waals surface area contributed by atoms with Crippen LogP contribution < -0.4 is 11.1 Å². The van der Waals surface area contributed by atoms with Gasteiger partial charge in [-0.05, 0) is 12.3 Å². The van der Waals surface area contributed by atoms with Gasteiger partial charge in [0.15, 0.2) is 0 Å². The average molecular weight is 188 g/mol. The highest BCUT2D eigenvalue weighted by Gasteiger charge is 2.06. The normalized spacial score (nSPS) is 13.0. The van der Waals surface area contributed by atoms with Gasteiger partial charge in [0.25, 0.3) is 0 Å². The highest BCUT2D eigenvalue weighted by atomic mass is 16.5. The third-order valence-electron chi connectivity index (χ3n) is 1.61. The maximum atomic E-state index is 10.9. The van der Waals surface area contributed by atoms with Crippen molar-refractivity contribution in [1.29, 1.82) is 0 Å². The number of ether oxygens (including phenoxy) is 1. The van der Waals surface area contributed by atoms with Gasteiger partial charge in [0.1, 0.15) is 6.61 Å². The summed E-state index contributed by atoms with van der Waals surface area (Å²) in [6.45, 7) is 4.85. The van der Waals surface area contributed by atoms with Crippen LogP contribution in [0, 0.1) is 5.92 Å². The number of amides is 1. The van der Waals surface area contributed by atoms with Gasteiger partial charge in [-0.2, -0.15) is 0 Å². The Bertz CT molecular complexity index is 149. The van der Waals surface area contributed by atoms with Crippen molar-refractivity contribution in [2.45, 2.75) is 26.3 Å². The molecule has 1 atom stereocenters. The molecule has 0 aliphatic carbocycles. The molecule has 0 bridgehead atoms. The number of rotatable bonds is 6. The Kier molecular flexibility index (Phi) is 6.54. The standard InChI is InChI=1S/C9H20N2O2/c1-7(2)4-8(10)5-11-9(12)6-13-3/h7-8H,4-6,10H2,1-3H3,(H,11,12). The number of carbonyl (C=O) groups excluding carboxylic acids is 1. The molecular weight excluding hydrogens is 168 g/mol. The van der Waals surface area contributed by atoms with Crippen LogP contribution in [-0.2, 0) is 9.53 Å². The maximum Gasteiger partial charge on any atom is 0.246 e. The van der Waals surface area contributed by atoms with Crippen molar-refractivity contribution in [3.8, 4) is 0 Å². The van der Waals surface area contributed by atoms with E-state index < -0.39 is 0 Å². The second-order valence-electron chi connectivity index (χ2n) is 3.63. The fourth-order valence-electron chi connectivity index (χ4n) is 1.12. The topological polar surface area (TPSA) is 64.3 Å². The Morgan fingerprint density at radius 1 is 1.54 bits per heavy atom. The van der Waals surface area contributed by atoms with E-state index in [-0.39, 0.29) is 18.6 Å². The molecule has 0 aromatic carbocycles. The highest BCUT2D eigenvalue weighted by molar-refractivity contribution is 5.77. The quantitative estimate of drug-likeness (QED) is 0.622. The molecule has 1 unspecified atom stereocenters. The molecule has 0 aliphatic rings. The Balaban J connectivity index is 3.45. The summed E-state index contributed by atoms with van der Waals surface area (Å²) in [6, 6.07) is 0.0424. The third-order valence-corrected chi connectivity index (χ3v) is 1.61. The molecule has 0 radical (unpaired) electrons. The zero-order valence-corrected chi connectivity index (χ0v) is 8.67. The first kappa shape index (κ1) is 12.4. The van der Waals surface area contributed by atoms with Crippen LogP contribution in [0.2, 0.25) is 0 Å². The van der Waals surface area contributed by atoms with E-state index in [0.717, 1.165) is 6.42 Å². The predicted molar refractivity (Wildman–Crippen MR) is 52.3 cm³/mol. The molecule has 3 N–H and O–H groups in total. The van der Waals surface area contributed by atoms with Crippen LogP contribution >= 0.6 is 0 Å². The van der Waals surface area contributed by atoms with Gasteiger partial charge in [0.05, 0.1) is 0 Å². The Morgan fingerprint density at radius 3 is 2.62 bits per heavy atom. The van der Waals surface area contributed by atoms with Crippen molar-refractivity contribution in [2.24, 2.45) is 11.7 Å². The first-order valence-electron chi connectivity index (χ1n) is 4.57. The number of hydrogen-bond acceptors (Lipinski definition) is 3. The summed E-state index contributed by atoms with van der Waals surface area (Å²) < 4.78 is 4.66. The number of hydrogen-bond donors (Lipinski definition) is 2. The molecule has 0 rings (SSSR count). The minimum absolute atomic E-state index is 0.0424. The predicted octanol–water partition coefficient (Wildman–Crippen LogP) is 0.122. The lowest BCUT2D eigenvalue weighted by Gasteiger charge is -2.14. The molecule has 0 saturated heterocycles. The van der Waals surface area contributed by atoms with Gasteiger partial charge in [-0.25, -0.2) is 0 Å². The van der Waals surface area contributed by atoms with Gasteiger partial charge >= 0.3 is 0 Å². The van der Waals surface area contributed by atoms with Crippen LogP contribution in [0.1, 0.15) is 20.3 Å². The van der Waals surface area contributed by atoms with Crippen LogP contribution in [-0.4, -0.2) is 32.2 Å². The maximum absolute atomic E-state index is 10.9. The summed E-state index contributed by atoms with van der Waals surface area (Å²) in [5.74, 6) is 0.455. The molecule has 0 aromatic rings. The second-order valence-corrected chi connectivity index (χ2v) is 3.63. The van der Waals surface area contributed by atoms with E-state index in [1.807, 2.05) is 0 Å². The second kappa shape index (κ2) is 6.86. The lowest BCUT2D eigenvalue weighted by atomic mass is 10.0. The largest absolute Gasteiger partial charge is 0.375 e. The smallest absolute Gasteiger partial charge is 0.246 e. The van der Waals surface area contributed by atoms with Gasteiger partial charge in [0.2, 0.25) is 5.91 Å². The first-order valence-corrected chi connectivity index (χ1v) is 4.57. The minimum atomic E-state index is -0.110. The summed E-state index contributed by atoms with van der Waals surface area (Å²) in [5, 5.41) is 2.70. The molecule has 4 nitrogen and oxygen atoms in total. The Labute approximate surface area is 79.8 Å². The molecule has 0 spiro atoms. The number of carbonyl (C=O) groups is 1. The van der Waals surface area contributed by atoms with E-state index in [2.05, 4.69) is 23.9 Å². The van der Waals surface area contributed by atoms with Crippen LogP contribution in [0.25, 0.3) is 0 Å². The van der Waals surface area contributed by atoms with E-state index in [1.54, 1.807) is 0 Å². The van der Waals surface area contributed by atoms with Crippen molar-refractivity contribution in [3.63, 3.8) is 0 Å². The molecule has 1 amide bonds. The van der Waals surface area contributed by atoms with Gasteiger partial charge in [-0.15, -0.1) is 0 Å². The van der Waals surface area contributed by atoms with Gasteiger partial charge in [-0.3, -0.25) is 4.79 Å². The van der Waals surface area contributed by atoms with E-state index >= 15 is 0 Å². The van der Waals surface area contributed by atoms with Crippen molar-refractivity contribution < 1.29 is 9.53 Å². The average Bonchev–Trinajstić information content (AvgIpc) is 2.00. The number of nitrogens with two attached hydrogens (primary N) is 1. The highest BCUT2D eigenvalue weighted by Crippen LogP contribution is 2.01. The first-order chi connectivity index (χ1) is 6.06. The zero-order valence-electron chi connectivity index (χ0n) is 8.67. The number of methoxy groups -OCH3 is 1. The monoisotopic (exact) mass is 188 g/mol. The van der Waals surface area contributed by atoms with Gasteiger partial charge < -0.3 is 15.8 Å². The molecule has 13 heavy (non-hydrogen) atoms.